The number of ether oxygens (including phenoxy) is 2. The largest absolute Gasteiger partial charge is 0.465 e. The summed E-state index contributed by atoms with van der Waals surface area (Å²) in [5.41, 5.74) is 6.33. The normalized spacial score (nSPS) is 10.7. The summed E-state index contributed by atoms with van der Waals surface area (Å²) in [5, 5.41) is 0. The van der Waals surface area contributed by atoms with E-state index in [0.29, 0.717) is 0 Å². The van der Waals surface area contributed by atoms with E-state index < -0.39 is 17.9 Å². The standard InChI is InChI=1S/C28H31NO4/c1-5-32-27(30)26(28(31)33-6-2)19-22-11-17-25(18-12-22)29(23-13-7-20(3)8-14-23)24-15-9-21(4)10-16-24/h7-18,26H,5-6,19H2,1-4H3. The molecule has 5 heteroatoms. The van der Waals surface area contributed by atoms with Crippen LogP contribution in [0.5, 0.6) is 0 Å². The van der Waals surface area contributed by atoms with Crippen LogP contribution < -0.4 is 4.90 Å². The van der Waals surface area contributed by atoms with Crippen molar-refractivity contribution in [2.75, 3.05) is 18.1 Å². The van der Waals surface area contributed by atoms with Crippen molar-refractivity contribution in [2.45, 2.75) is 34.1 Å². The molecule has 0 spiro atoms. The van der Waals surface area contributed by atoms with Gasteiger partial charge in [0, 0.05) is 17.1 Å². The fourth-order valence-corrected chi connectivity index (χ4v) is 3.60. The van der Waals surface area contributed by atoms with E-state index in [4.69, 9.17) is 9.47 Å². The smallest absolute Gasteiger partial charge is 0.320 e. The number of carbonyl (C=O) groups is 2. The summed E-state index contributed by atoms with van der Waals surface area (Å²) in [5.74, 6) is -2.08. The quantitative estimate of drug-likeness (QED) is 0.296. The molecule has 0 aliphatic rings. The lowest BCUT2D eigenvalue weighted by Gasteiger charge is -2.26. The summed E-state index contributed by atoms with van der Waals surface area (Å²) >= 11 is 0. The van der Waals surface area contributed by atoms with Crippen molar-refractivity contribution in [3.8, 4) is 0 Å². The lowest BCUT2D eigenvalue weighted by Crippen LogP contribution is -2.30. The van der Waals surface area contributed by atoms with Crippen LogP contribution in [0.3, 0.4) is 0 Å². The van der Waals surface area contributed by atoms with Gasteiger partial charge in [-0.25, -0.2) is 0 Å². The maximum atomic E-state index is 12.3. The molecule has 172 valence electrons. The van der Waals surface area contributed by atoms with Gasteiger partial charge < -0.3 is 14.4 Å². The number of hydrogen-bond acceptors (Lipinski definition) is 5. The lowest BCUT2D eigenvalue weighted by atomic mass is 9.99. The maximum absolute atomic E-state index is 12.3. The van der Waals surface area contributed by atoms with E-state index >= 15 is 0 Å². The van der Waals surface area contributed by atoms with Gasteiger partial charge in [-0.1, -0.05) is 47.5 Å². The van der Waals surface area contributed by atoms with Crippen LogP contribution in [-0.4, -0.2) is 25.2 Å². The number of aryl methyl sites for hydroxylation is 2. The second-order valence-corrected chi connectivity index (χ2v) is 7.93. The first kappa shape index (κ1) is 24.1. The highest BCUT2D eigenvalue weighted by Crippen LogP contribution is 2.35. The number of rotatable bonds is 9. The molecule has 3 aromatic rings. The zero-order valence-electron chi connectivity index (χ0n) is 19.7. The Morgan fingerprint density at radius 2 is 1.03 bits per heavy atom. The molecule has 0 N–H and O–H groups in total. The van der Waals surface area contributed by atoms with Gasteiger partial charge in [0.05, 0.1) is 13.2 Å². The minimum Gasteiger partial charge on any atom is -0.465 e. The summed E-state index contributed by atoms with van der Waals surface area (Å²) in [6.07, 6.45) is 0.229. The van der Waals surface area contributed by atoms with Gasteiger partial charge >= 0.3 is 11.9 Å². The lowest BCUT2D eigenvalue weighted by molar-refractivity contribution is -0.161. The minimum absolute atomic E-state index is 0.218. The fourth-order valence-electron chi connectivity index (χ4n) is 3.60. The second-order valence-electron chi connectivity index (χ2n) is 7.93. The molecule has 0 fully saturated rings. The van der Waals surface area contributed by atoms with Crippen molar-refractivity contribution in [2.24, 2.45) is 5.92 Å². The Bertz CT molecular complexity index is 993. The van der Waals surface area contributed by atoms with E-state index in [1.54, 1.807) is 13.8 Å². The van der Waals surface area contributed by atoms with Crippen LogP contribution in [-0.2, 0) is 25.5 Å². The van der Waals surface area contributed by atoms with Gasteiger partial charge in [0.25, 0.3) is 0 Å². The van der Waals surface area contributed by atoms with Gasteiger partial charge in [-0.05, 0) is 76.1 Å². The molecule has 0 saturated heterocycles. The average molecular weight is 446 g/mol. The van der Waals surface area contributed by atoms with E-state index in [1.807, 2.05) is 24.3 Å². The third-order valence-corrected chi connectivity index (χ3v) is 5.36. The van der Waals surface area contributed by atoms with Gasteiger partial charge in [0.15, 0.2) is 5.92 Å². The predicted molar refractivity (Wildman–Crippen MR) is 131 cm³/mol. The average Bonchev–Trinajstić information content (AvgIpc) is 2.81. The molecule has 0 saturated carbocycles. The van der Waals surface area contributed by atoms with Crippen LogP contribution in [0.4, 0.5) is 17.1 Å². The monoisotopic (exact) mass is 445 g/mol. The highest BCUT2D eigenvalue weighted by atomic mass is 16.6. The second kappa shape index (κ2) is 11.3. The molecule has 0 atom stereocenters. The van der Waals surface area contributed by atoms with E-state index in [2.05, 4.69) is 67.3 Å². The predicted octanol–water partition coefficient (Wildman–Crippen LogP) is 6.06. The fraction of sp³-hybridized carbons (Fsp3) is 0.286. The number of hydrogen-bond donors (Lipinski definition) is 0. The zero-order chi connectivity index (χ0) is 23.8. The molecule has 33 heavy (non-hydrogen) atoms. The maximum Gasteiger partial charge on any atom is 0.320 e. The van der Waals surface area contributed by atoms with Crippen LogP contribution >= 0.6 is 0 Å². The minimum atomic E-state index is -0.971. The summed E-state index contributed by atoms with van der Waals surface area (Å²) in [6, 6.07) is 24.6. The Hall–Kier alpha value is -3.60. The number of anilines is 3. The van der Waals surface area contributed by atoms with Crippen LogP contribution in [0.2, 0.25) is 0 Å². The Kier molecular flexibility index (Phi) is 8.25. The van der Waals surface area contributed by atoms with Gasteiger partial charge in [0.1, 0.15) is 0 Å². The Labute approximate surface area is 196 Å². The molecule has 3 aromatic carbocycles. The molecular formula is C28H31NO4. The highest BCUT2D eigenvalue weighted by molar-refractivity contribution is 5.95. The summed E-state index contributed by atoms with van der Waals surface area (Å²) in [4.78, 5) is 26.8. The van der Waals surface area contributed by atoms with E-state index in [1.165, 1.54) is 11.1 Å². The Morgan fingerprint density at radius 1 is 0.667 bits per heavy atom. The molecule has 0 radical (unpaired) electrons. The zero-order valence-corrected chi connectivity index (χ0v) is 19.7. The molecule has 0 amide bonds. The van der Waals surface area contributed by atoms with Crippen molar-refractivity contribution in [3.63, 3.8) is 0 Å². The summed E-state index contributed by atoms with van der Waals surface area (Å²) < 4.78 is 10.2. The van der Waals surface area contributed by atoms with Gasteiger partial charge in [0.2, 0.25) is 0 Å². The molecule has 0 aliphatic carbocycles. The SMILES string of the molecule is CCOC(=O)C(Cc1ccc(N(c2ccc(C)cc2)c2ccc(C)cc2)cc1)C(=O)OCC. The number of esters is 2. The van der Waals surface area contributed by atoms with Crippen LogP contribution in [0.15, 0.2) is 72.8 Å². The molecular weight excluding hydrogens is 414 g/mol. The van der Waals surface area contributed by atoms with Crippen molar-refractivity contribution < 1.29 is 19.1 Å². The molecule has 0 bridgehead atoms. The molecule has 0 aromatic heterocycles. The van der Waals surface area contributed by atoms with Crippen molar-refractivity contribution >= 4 is 29.0 Å². The van der Waals surface area contributed by atoms with Gasteiger partial charge in [-0.15, -0.1) is 0 Å². The molecule has 3 rings (SSSR count). The number of benzene rings is 3. The first-order chi connectivity index (χ1) is 15.9. The number of nitrogens with zero attached hydrogens (tertiary/aromatic N) is 1. The molecule has 0 aliphatic heterocycles. The first-order valence-electron chi connectivity index (χ1n) is 11.3. The van der Waals surface area contributed by atoms with Gasteiger partial charge in [-0.2, -0.15) is 0 Å². The van der Waals surface area contributed by atoms with Crippen molar-refractivity contribution in [1.82, 2.24) is 0 Å². The van der Waals surface area contributed by atoms with Crippen molar-refractivity contribution in [3.05, 3.63) is 89.5 Å². The summed E-state index contributed by atoms with van der Waals surface area (Å²) in [6.45, 7) is 8.02. The topological polar surface area (TPSA) is 55.8 Å². The summed E-state index contributed by atoms with van der Waals surface area (Å²) in [7, 11) is 0. The third kappa shape index (κ3) is 6.22. The third-order valence-electron chi connectivity index (χ3n) is 5.36. The van der Waals surface area contributed by atoms with Crippen LogP contribution in [0.25, 0.3) is 0 Å². The van der Waals surface area contributed by atoms with Crippen molar-refractivity contribution in [1.29, 1.82) is 0 Å². The number of carbonyl (C=O) groups excluding carboxylic acids is 2. The first-order valence-corrected chi connectivity index (χ1v) is 11.3. The van der Waals surface area contributed by atoms with Crippen LogP contribution in [0.1, 0.15) is 30.5 Å². The van der Waals surface area contributed by atoms with E-state index in [-0.39, 0.29) is 19.6 Å². The molecule has 5 nitrogen and oxygen atoms in total. The molecule has 0 heterocycles. The van der Waals surface area contributed by atoms with Crippen LogP contribution in [0, 0.1) is 19.8 Å². The highest BCUT2D eigenvalue weighted by Gasteiger charge is 2.29. The Balaban J connectivity index is 1.90. The van der Waals surface area contributed by atoms with E-state index in [9.17, 15) is 9.59 Å². The molecule has 0 unspecified atom stereocenters. The van der Waals surface area contributed by atoms with Gasteiger partial charge in [-0.3, -0.25) is 9.59 Å². The Morgan fingerprint density at radius 3 is 1.39 bits per heavy atom. The van der Waals surface area contributed by atoms with E-state index in [0.717, 1.165) is 22.6 Å².